The first-order chi connectivity index (χ1) is 9.70. The third-order valence-electron chi connectivity index (χ3n) is 2.50. The minimum Gasteiger partial charge on any atom is -0.399 e. The van der Waals surface area contributed by atoms with Gasteiger partial charge in [0.1, 0.15) is 5.82 Å². The summed E-state index contributed by atoms with van der Waals surface area (Å²) in [5, 5.41) is 7.82. The van der Waals surface area contributed by atoms with Crippen LogP contribution in [0, 0.1) is 5.82 Å². The Morgan fingerprint density at radius 1 is 1.35 bits per heavy atom. The maximum atomic E-state index is 13.2. The number of rotatable bonds is 4. The van der Waals surface area contributed by atoms with Crippen LogP contribution in [0.4, 0.5) is 10.1 Å². The topological polar surface area (TPSA) is 64.9 Å². The zero-order valence-electron chi connectivity index (χ0n) is 10.2. The van der Waals surface area contributed by atoms with Crippen molar-refractivity contribution < 1.29 is 8.91 Å². The summed E-state index contributed by atoms with van der Waals surface area (Å²) in [6.07, 6.45) is 0. The second-order valence-electron chi connectivity index (χ2n) is 4.03. The second kappa shape index (κ2) is 5.64. The van der Waals surface area contributed by atoms with Crippen molar-refractivity contribution in [3.05, 3.63) is 46.7 Å². The molecule has 20 heavy (non-hydrogen) atoms. The van der Waals surface area contributed by atoms with Crippen LogP contribution in [0.1, 0.15) is 5.89 Å². The number of nitrogens with two attached hydrogens (primary N) is 1. The lowest BCUT2D eigenvalue weighted by atomic mass is 10.3. The van der Waals surface area contributed by atoms with E-state index in [1.807, 2.05) is 16.8 Å². The van der Waals surface area contributed by atoms with E-state index in [2.05, 4.69) is 10.1 Å². The van der Waals surface area contributed by atoms with Gasteiger partial charge in [-0.15, -0.1) is 11.8 Å². The third-order valence-corrected chi connectivity index (χ3v) is 4.15. The van der Waals surface area contributed by atoms with Crippen LogP contribution < -0.4 is 5.73 Å². The summed E-state index contributed by atoms with van der Waals surface area (Å²) in [6.45, 7) is 0. The van der Waals surface area contributed by atoms with E-state index < -0.39 is 0 Å². The second-order valence-corrected chi connectivity index (χ2v) is 5.86. The predicted molar refractivity (Wildman–Crippen MR) is 78.0 cm³/mol. The van der Waals surface area contributed by atoms with E-state index in [-0.39, 0.29) is 5.82 Å². The van der Waals surface area contributed by atoms with Gasteiger partial charge in [0.15, 0.2) is 0 Å². The molecular formula is C13H10FN3OS2. The number of hydrogen-bond acceptors (Lipinski definition) is 6. The van der Waals surface area contributed by atoms with Gasteiger partial charge in [-0.25, -0.2) is 4.39 Å². The highest BCUT2D eigenvalue weighted by atomic mass is 32.2. The lowest BCUT2D eigenvalue weighted by Gasteiger charge is -2.00. The lowest BCUT2D eigenvalue weighted by Crippen LogP contribution is -1.88. The van der Waals surface area contributed by atoms with Crippen LogP contribution in [0.5, 0.6) is 0 Å². The van der Waals surface area contributed by atoms with E-state index >= 15 is 0 Å². The van der Waals surface area contributed by atoms with E-state index in [1.54, 1.807) is 17.4 Å². The van der Waals surface area contributed by atoms with Crippen LogP contribution in [0.2, 0.25) is 0 Å². The molecule has 0 aliphatic carbocycles. The molecule has 0 radical (unpaired) electrons. The summed E-state index contributed by atoms with van der Waals surface area (Å²) in [5.41, 5.74) is 6.93. The Balaban J connectivity index is 1.69. The molecule has 3 rings (SSSR count). The van der Waals surface area contributed by atoms with Crippen LogP contribution in [0.15, 0.2) is 44.4 Å². The molecule has 7 heteroatoms. The molecule has 0 bridgehead atoms. The van der Waals surface area contributed by atoms with E-state index in [4.69, 9.17) is 10.3 Å². The van der Waals surface area contributed by atoms with Gasteiger partial charge in [-0.1, -0.05) is 5.16 Å². The summed E-state index contributed by atoms with van der Waals surface area (Å²) < 4.78 is 18.4. The highest BCUT2D eigenvalue weighted by molar-refractivity contribution is 7.98. The molecule has 0 saturated carbocycles. The van der Waals surface area contributed by atoms with E-state index in [0.29, 0.717) is 23.2 Å². The molecule has 0 aliphatic heterocycles. The van der Waals surface area contributed by atoms with Gasteiger partial charge in [0.25, 0.3) is 0 Å². The zero-order chi connectivity index (χ0) is 13.9. The van der Waals surface area contributed by atoms with Crippen molar-refractivity contribution >= 4 is 28.8 Å². The number of halogens is 1. The van der Waals surface area contributed by atoms with Crippen LogP contribution in [0.25, 0.3) is 11.4 Å². The van der Waals surface area contributed by atoms with E-state index in [0.717, 1.165) is 10.5 Å². The summed E-state index contributed by atoms with van der Waals surface area (Å²) in [6, 6.07) is 6.35. The van der Waals surface area contributed by atoms with Crippen LogP contribution in [-0.4, -0.2) is 10.1 Å². The Morgan fingerprint density at radius 3 is 3.00 bits per heavy atom. The van der Waals surface area contributed by atoms with Crippen LogP contribution in [-0.2, 0) is 5.75 Å². The number of aromatic nitrogens is 2. The Morgan fingerprint density at radius 2 is 2.25 bits per heavy atom. The number of benzene rings is 1. The quantitative estimate of drug-likeness (QED) is 0.586. The van der Waals surface area contributed by atoms with Crippen LogP contribution in [0.3, 0.4) is 0 Å². The number of nitrogen functional groups attached to an aromatic ring is 1. The van der Waals surface area contributed by atoms with Crippen molar-refractivity contribution in [3.63, 3.8) is 0 Å². The molecule has 2 aromatic heterocycles. The SMILES string of the molecule is Nc1cc(F)cc(SCc2nc(-c3ccsc3)no2)c1. The third kappa shape index (κ3) is 3.00. The Bertz CT molecular complexity index is 692. The molecule has 0 amide bonds. The molecule has 0 unspecified atom stereocenters. The van der Waals surface area contributed by atoms with Gasteiger partial charge in [0.2, 0.25) is 11.7 Å². The summed E-state index contributed by atoms with van der Waals surface area (Å²) in [7, 11) is 0. The molecule has 3 aromatic rings. The van der Waals surface area contributed by atoms with Gasteiger partial charge in [-0.05, 0) is 29.6 Å². The van der Waals surface area contributed by atoms with Gasteiger partial charge >= 0.3 is 0 Å². The number of hydrogen-bond donors (Lipinski definition) is 1. The molecule has 0 fully saturated rings. The average molecular weight is 307 g/mol. The molecule has 0 aliphatic rings. The number of nitrogens with zero attached hydrogens (tertiary/aromatic N) is 2. The zero-order valence-corrected chi connectivity index (χ0v) is 11.9. The largest absolute Gasteiger partial charge is 0.399 e. The van der Waals surface area contributed by atoms with Crippen LogP contribution >= 0.6 is 23.1 Å². The standard InChI is InChI=1S/C13H10FN3OS2/c14-9-3-10(15)5-11(4-9)20-7-12-16-13(17-18-12)8-1-2-19-6-8/h1-6H,7,15H2. The summed E-state index contributed by atoms with van der Waals surface area (Å²) in [4.78, 5) is 5.03. The fourth-order valence-electron chi connectivity index (χ4n) is 1.64. The van der Waals surface area contributed by atoms with Crippen molar-refractivity contribution in [1.82, 2.24) is 10.1 Å². The molecule has 0 atom stereocenters. The molecule has 1 aromatic carbocycles. The van der Waals surface area contributed by atoms with Gasteiger partial charge < -0.3 is 10.3 Å². The molecule has 102 valence electrons. The van der Waals surface area contributed by atoms with Gasteiger partial charge in [-0.2, -0.15) is 16.3 Å². The summed E-state index contributed by atoms with van der Waals surface area (Å²) >= 11 is 2.97. The van der Waals surface area contributed by atoms with Crippen molar-refractivity contribution in [2.75, 3.05) is 5.73 Å². The van der Waals surface area contributed by atoms with Gasteiger partial charge in [0.05, 0.1) is 5.75 Å². The average Bonchev–Trinajstić information content (AvgIpc) is 3.06. The van der Waals surface area contributed by atoms with E-state index in [1.165, 1.54) is 23.9 Å². The molecule has 0 spiro atoms. The minimum atomic E-state index is -0.350. The normalized spacial score (nSPS) is 10.8. The first-order valence-electron chi connectivity index (χ1n) is 5.75. The monoisotopic (exact) mass is 307 g/mol. The van der Waals surface area contributed by atoms with Crippen molar-refractivity contribution in [1.29, 1.82) is 0 Å². The number of anilines is 1. The Kier molecular flexibility index (Phi) is 3.70. The highest BCUT2D eigenvalue weighted by Gasteiger charge is 2.09. The number of thioether (sulfide) groups is 1. The smallest absolute Gasteiger partial charge is 0.237 e. The summed E-state index contributed by atoms with van der Waals surface area (Å²) in [5.74, 6) is 1.19. The molecular weight excluding hydrogens is 297 g/mol. The Labute approximate surface area is 122 Å². The fraction of sp³-hybridized carbons (Fsp3) is 0.0769. The molecule has 2 heterocycles. The first kappa shape index (κ1) is 13.1. The Hall–Kier alpha value is -1.86. The maximum absolute atomic E-state index is 13.2. The molecule has 2 N–H and O–H groups in total. The van der Waals surface area contributed by atoms with E-state index in [9.17, 15) is 4.39 Å². The highest BCUT2D eigenvalue weighted by Crippen LogP contribution is 2.26. The maximum Gasteiger partial charge on any atom is 0.237 e. The minimum absolute atomic E-state index is 0.350. The van der Waals surface area contributed by atoms with Crippen molar-refractivity contribution in [3.8, 4) is 11.4 Å². The fourth-order valence-corrected chi connectivity index (χ4v) is 3.09. The molecule has 4 nitrogen and oxygen atoms in total. The number of thiophene rings is 1. The predicted octanol–water partition coefficient (Wildman–Crippen LogP) is 3.81. The van der Waals surface area contributed by atoms with Crippen molar-refractivity contribution in [2.45, 2.75) is 10.6 Å². The lowest BCUT2D eigenvalue weighted by molar-refractivity contribution is 0.391. The molecule has 0 saturated heterocycles. The van der Waals surface area contributed by atoms with Gasteiger partial charge in [0, 0.05) is 21.5 Å². The first-order valence-corrected chi connectivity index (χ1v) is 7.67. The van der Waals surface area contributed by atoms with Crippen molar-refractivity contribution in [2.24, 2.45) is 0 Å². The van der Waals surface area contributed by atoms with Gasteiger partial charge in [-0.3, -0.25) is 0 Å².